The summed E-state index contributed by atoms with van der Waals surface area (Å²) in [4.78, 5) is 0. The van der Waals surface area contributed by atoms with Crippen molar-refractivity contribution in [3.63, 3.8) is 0 Å². The van der Waals surface area contributed by atoms with Gasteiger partial charge in [0.2, 0.25) is 0 Å². The first-order chi connectivity index (χ1) is 5.49. The molecule has 1 saturated carbocycles. The molecule has 2 nitrogen and oxygen atoms in total. The summed E-state index contributed by atoms with van der Waals surface area (Å²) in [5.41, 5.74) is 0. The summed E-state index contributed by atoms with van der Waals surface area (Å²) in [6.45, 7) is 0. The van der Waals surface area contributed by atoms with E-state index in [1.54, 1.807) is 0 Å². The van der Waals surface area contributed by atoms with Gasteiger partial charge < -0.3 is 0 Å². The molecule has 0 bridgehead atoms. The van der Waals surface area contributed by atoms with Crippen LogP contribution in [0, 0.1) is 5.92 Å². The Balaban J connectivity index is 2.32. The van der Waals surface area contributed by atoms with Crippen LogP contribution < -0.4 is 0 Å². The third-order valence-electron chi connectivity index (χ3n) is 2.43. The SMILES string of the molecule is CS(=O)(=O)CCC1CCCC1Cl. The quantitative estimate of drug-likeness (QED) is 0.667. The average Bonchev–Trinajstić information content (AvgIpc) is 2.29. The maximum atomic E-state index is 10.9. The fraction of sp³-hybridized carbons (Fsp3) is 1.00. The van der Waals surface area contributed by atoms with Crippen LogP contribution >= 0.6 is 11.6 Å². The van der Waals surface area contributed by atoms with Gasteiger partial charge in [0, 0.05) is 11.6 Å². The maximum absolute atomic E-state index is 10.9. The van der Waals surface area contributed by atoms with Crippen LogP contribution in [0.5, 0.6) is 0 Å². The van der Waals surface area contributed by atoms with E-state index in [1.807, 2.05) is 0 Å². The van der Waals surface area contributed by atoms with Gasteiger partial charge in [-0.2, -0.15) is 0 Å². The standard InChI is InChI=1S/C8H15ClO2S/c1-12(10,11)6-5-7-3-2-4-8(7)9/h7-8H,2-6H2,1H3. The van der Waals surface area contributed by atoms with Crippen LogP contribution in [0.15, 0.2) is 0 Å². The molecule has 1 fully saturated rings. The third kappa shape index (κ3) is 3.31. The Morgan fingerprint density at radius 1 is 1.42 bits per heavy atom. The van der Waals surface area contributed by atoms with E-state index in [0.717, 1.165) is 25.7 Å². The van der Waals surface area contributed by atoms with E-state index < -0.39 is 9.84 Å². The molecule has 0 aromatic carbocycles. The van der Waals surface area contributed by atoms with Crippen LogP contribution in [0.3, 0.4) is 0 Å². The molecule has 0 aromatic heterocycles. The van der Waals surface area contributed by atoms with E-state index in [1.165, 1.54) is 6.26 Å². The average molecular weight is 211 g/mol. The highest BCUT2D eigenvalue weighted by Crippen LogP contribution is 2.32. The molecular weight excluding hydrogens is 196 g/mol. The van der Waals surface area contributed by atoms with Crippen molar-refractivity contribution in [3.8, 4) is 0 Å². The summed E-state index contributed by atoms with van der Waals surface area (Å²) in [5.74, 6) is 0.724. The number of hydrogen-bond donors (Lipinski definition) is 0. The minimum Gasteiger partial charge on any atom is -0.229 e. The van der Waals surface area contributed by atoms with Crippen LogP contribution in [0.1, 0.15) is 25.7 Å². The Bertz CT molecular complexity index is 235. The van der Waals surface area contributed by atoms with E-state index in [-0.39, 0.29) is 5.38 Å². The summed E-state index contributed by atoms with van der Waals surface area (Å²) >= 11 is 6.01. The molecule has 0 heterocycles. The van der Waals surface area contributed by atoms with Gasteiger partial charge in [-0.25, -0.2) is 8.42 Å². The molecule has 12 heavy (non-hydrogen) atoms. The second-order valence-electron chi connectivity index (χ2n) is 3.63. The Labute approximate surface area is 79.2 Å². The monoisotopic (exact) mass is 210 g/mol. The van der Waals surface area contributed by atoms with Crippen molar-refractivity contribution in [2.75, 3.05) is 12.0 Å². The molecule has 0 N–H and O–H groups in total. The highest BCUT2D eigenvalue weighted by atomic mass is 35.5. The van der Waals surface area contributed by atoms with Gasteiger partial charge >= 0.3 is 0 Å². The molecule has 2 atom stereocenters. The number of rotatable bonds is 3. The number of hydrogen-bond acceptors (Lipinski definition) is 2. The molecule has 1 rings (SSSR count). The van der Waals surface area contributed by atoms with Crippen molar-refractivity contribution in [2.45, 2.75) is 31.1 Å². The first-order valence-corrected chi connectivity index (χ1v) is 6.80. The van der Waals surface area contributed by atoms with Gasteiger partial charge in [0.25, 0.3) is 0 Å². The van der Waals surface area contributed by atoms with Crippen molar-refractivity contribution in [2.24, 2.45) is 5.92 Å². The number of halogens is 1. The van der Waals surface area contributed by atoms with Crippen LogP contribution in [-0.2, 0) is 9.84 Å². The highest BCUT2D eigenvalue weighted by Gasteiger charge is 2.25. The summed E-state index contributed by atoms with van der Waals surface area (Å²) in [7, 11) is -2.79. The molecule has 0 aliphatic heterocycles. The lowest BCUT2D eigenvalue weighted by Gasteiger charge is -2.11. The largest absolute Gasteiger partial charge is 0.229 e. The summed E-state index contributed by atoms with van der Waals surface area (Å²) in [6, 6.07) is 0. The van der Waals surface area contributed by atoms with E-state index in [2.05, 4.69) is 0 Å². The molecule has 4 heteroatoms. The Hall–Kier alpha value is 0.240. The predicted octanol–water partition coefficient (Wildman–Crippen LogP) is 1.83. The van der Waals surface area contributed by atoms with Crippen LogP contribution in [0.2, 0.25) is 0 Å². The lowest BCUT2D eigenvalue weighted by Crippen LogP contribution is -2.13. The smallest absolute Gasteiger partial charge is 0.147 e. The van der Waals surface area contributed by atoms with Gasteiger partial charge in [-0.15, -0.1) is 11.6 Å². The maximum Gasteiger partial charge on any atom is 0.147 e. The van der Waals surface area contributed by atoms with Gasteiger partial charge in [0.15, 0.2) is 0 Å². The van der Waals surface area contributed by atoms with Crippen LogP contribution in [-0.4, -0.2) is 25.8 Å². The Morgan fingerprint density at radius 2 is 2.08 bits per heavy atom. The van der Waals surface area contributed by atoms with E-state index in [4.69, 9.17) is 11.6 Å². The van der Waals surface area contributed by atoms with E-state index in [0.29, 0.717) is 11.7 Å². The lowest BCUT2D eigenvalue weighted by atomic mass is 10.1. The molecule has 0 spiro atoms. The zero-order chi connectivity index (χ0) is 9.19. The first kappa shape index (κ1) is 10.3. The van der Waals surface area contributed by atoms with Crippen molar-refractivity contribution >= 4 is 21.4 Å². The molecule has 0 amide bonds. The molecule has 2 unspecified atom stereocenters. The van der Waals surface area contributed by atoms with Crippen molar-refractivity contribution < 1.29 is 8.42 Å². The minimum atomic E-state index is -2.79. The second kappa shape index (κ2) is 3.97. The highest BCUT2D eigenvalue weighted by molar-refractivity contribution is 7.90. The lowest BCUT2D eigenvalue weighted by molar-refractivity contribution is 0.527. The molecule has 1 aliphatic carbocycles. The van der Waals surface area contributed by atoms with E-state index >= 15 is 0 Å². The summed E-state index contributed by atoms with van der Waals surface area (Å²) < 4.78 is 21.7. The zero-order valence-electron chi connectivity index (χ0n) is 7.29. The van der Waals surface area contributed by atoms with Crippen LogP contribution in [0.4, 0.5) is 0 Å². The summed E-state index contributed by atoms with van der Waals surface area (Å²) in [5, 5.41) is 0.215. The molecular formula is C8H15ClO2S. The normalized spacial score (nSPS) is 30.8. The Kier molecular flexibility index (Phi) is 3.41. The van der Waals surface area contributed by atoms with Crippen molar-refractivity contribution in [3.05, 3.63) is 0 Å². The Morgan fingerprint density at radius 3 is 2.50 bits per heavy atom. The molecule has 0 saturated heterocycles. The molecule has 1 aliphatic rings. The first-order valence-electron chi connectivity index (χ1n) is 4.31. The number of sulfone groups is 1. The zero-order valence-corrected chi connectivity index (χ0v) is 8.87. The third-order valence-corrected chi connectivity index (χ3v) is 3.98. The predicted molar refractivity (Wildman–Crippen MR) is 51.3 cm³/mol. The fourth-order valence-corrected chi connectivity index (χ4v) is 2.82. The fourth-order valence-electron chi connectivity index (χ4n) is 1.68. The molecule has 0 aromatic rings. The van der Waals surface area contributed by atoms with Crippen LogP contribution in [0.25, 0.3) is 0 Å². The van der Waals surface area contributed by atoms with Gasteiger partial charge in [-0.05, 0) is 25.2 Å². The molecule has 0 radical (unpaired) electrons. The molecule has 72 valence electrons. The van der Waals surface area contributed by atoms with E-state index in [9.17, 15) is 8.42 Å². The van der Waals surface area contributed by atoms with Gasteiger partial charge in [0.1, 0.15) is 9.84 Å². The van der Waals surface area contributed by atoms with Crippen molar-refractivity contribution in [1.29, 1.82) is 0 Å². The topological polar surface area (TPSA) is 34.1 Å². The number of alkyl halides is 1. The van der Waals surface area contributed by atoms with Gasteiger partial charge in [0.05, 0.1) is 5.75 Å². The van der Waals surface area contributed by atoms with Gasteiger partial charge in [-0.1, -0.05) is 6.42 Å². The summed E-state index contributed by atoms with van der Waals surface area (Å²) in [6.07, 6.45) is 5.33. The van der Waals surface area contributed by atoms with Crippen molar-refractivity contribution in [1.82, 2.24) is 0 Å². The second-order valence-corrected chi connectivity index (χ2v) is 6.45. The minimum absolute atomic E-state index is 0.215. The van der Waals surface area contributed by atoms with Gasteiger partial charge in [-0.3, -0.25) is 0 Å².